The molecule has 0 aliphatic rings. The molecule has 3 N–H and O–H groups in total. The summed E-state index contributed by atoms with van der Waals surface area (Å²) in [6, 6.07) is 22.9. The van der Waals surface area contributed by atoms with Gasteiger partial charge >= 0.3 is 0 Å². The minimum absolute atomic E-state index is 0.649. The van der Waals surface area contributed by atoms with E-state index in [1.165, 1.54) is 27.2 Å². The Bertz CT molecular complexity index is 1030. The average molecular weight is 345 g/mol. The number of hydrogen-bond acceptors (Lipinski definition) is 1. The SMILES string of the molecule is S=C(NCCc1c[nH]c2ccccc12)Nc1cccc2ccccc12. The molecule has 0 aliphatic heterocycles. The molecule has 1 aromatic heterocycles. The second kappa shape index (κ2) is 6.95. The van der Waals surface area contributed by atoms with Gasteiger partial charge in [-0.25, -0.2) is 0 Å². The summed E-state index contributed by atoms with van der Waals surface area (Å²) in [6.45, 7) is 0.790. The zero-order chi connectivity index (χ0) is 17.1. The number of rotatable bonds is 4. The summed E-state index contributed by atoms with van der Waals surface area (Å²) in [6.07, 6.45) is 2.99. The Balaban J connectivity index is 1.39. The van der Waals surface area contributed by atoms with E-state index in [4.69, 9.17) is 12.2 Å². The number of aromatic nitrogens is 1. The minimum atomic E-state index is 0.649. The van der Waals surface area contributed by atoms with Gasteiger partial charge in [-0.1, -0.05) is 54.6 Å². The Morgan fingerprint density at radius 3 is 2.56 bits per heavy atom. The van der Waals surface area contributed by atoms with Crippen LogP contribution in [0.1, 0.15) is 5.56 Å². The lowest BCUT2D eigenvalue weighted by atomic mass is 10.1. The topological polar surface area (TPSA) is 39.9 Å². The van der Waals surface area contributed by atoms with Crippen LogP contribution in [0.4, 0.5) is 5.69 Å². The van der Waals surface area contributed by atoms with Crippen molar-refractivity contribution in [3.05, 3.63) is 78.5 Å². The number of hydrogen-bond donors (Lipinski definition) is 3. The molecule has 0 radical (unpaired) electrons. The highest BCUT2D eigenvalue weighted by molar-refractivity contribution is 7.80. The van der Waals surface area contributed by atoms with E-state index in [1.807, 2.05) is 24.3 Å². The maximum absolute atomic E-state index is 5.46. The van der Waals surface area contributed by atoms with Gasteiger partial charge in [-0.05, 0) is 41.7 Å². The number of anilines is 1. The van der Waals surface area contributed by atoms with Crippen molar-refractivity contribution in [2.24, 2.45) is 0 Å². The second-order valence-corrected chi connectivity index (χ2v) is 6.43. The smallest absolute Gasteiger partial charge is 0.170 e. The maximum Gasteiger partial charge on any atom is 0.170 e. The quantitative estimate of drug-likeness (QED) is 0.463. The first-order valence-electron chi connectivity index (χ1n) is 8.39. The second-order valence-electron chi connectivity index (χ2n) is 6.02. The predicted molar refractivity (Wildman–Crippen MR) is 110 cm³/mol. The van der Waals surface area contributed by atoms with Crippen molar-refractivity contribution in [3.8, 4) is 0 Å². The number of thiocarbonyl (C=S) groups is 1. The van der Waals surface area contributed by atoms with Crippen LogP contribution in [0.25, 0.3) is 21.7 Å². The third-order valence-corrected chi connectivity index (χ3v) is 4.64. The first-order valence-corrected chi connectivity index (χ1v) is 8.80. The lowest BCUT2D eigenvalue weighted by molar-refractivity contribution is 0.878. The van der Waals surface area contributed by atoms with Gasteiger partial charge in [0.05, 0.1) is 0 Å². The molecule has 4 rings (SSSR count). The van der Waals surface area contributed by atoms with E-state index in [0.29, 0.717) is 5.11 Å². The summed E-state index contributed by atoms with van der Waals surface area (Å²) >= 11 is 5.46. The van der Waals surface area contributed by atoms with Crippen LogP contribution in [-0.2, 0) is 6.42 Å². The third kappa shape index (κ3) is 3.35. The fourth-order valence-corrected chi connectivity index (χ4v) is 3.36. The van der Waals surface area contributed by atoms with Crippen molar-refractivity contribution in [3.63, 3.8) is 0 Å². The zero-order valence-electron chi connectivity index (χ0n) is 13.8. The molecule has 0 amide bonds. The van der Waals surface area contributed by atoms with Crippen LogP contribution < -0.4 is 10.6 Å². The first kappa shape index (κ1) is 15.7. The summed E-state index contributed by atoms with van der Waals surface area (Å²) in [4.78, 5) is 3.31. The van der Waals surface area contributed by atoms with Crippen molar-refractivity contribution in [1.29, 1.82) is 0 Å². The van der Waals surface area contributed by atoms with Gasteiger partial charge in [0.1, 0.15) is 0 Å². The number of aromatic amines is 1. The molecular weight excluding hydrogens is 326 g/mol. The summed E-state index contributed by atoms with van der Waals surface area (Å²) < 4.78 is 0. The molecule has 0 atom stereocenters. The van der Waals surface area contributed by atoms with Gasteiger partial charge in [0, 0.05) is 34.7 Å². The molecule has 0 bridgehead atoms. The van der Waals surface area contributed by atoms with Crippen LogP contribution in [-0.4, -0.2) is 16.6 Å². The van der Waals surface area contributed by atoms with Crippen LogP contribution in [0.15, 0.2) is 72.9 Å². The fourth-order valence-electron chi connectivity index (χ4n) is 3.15. The fraction of sp³-hybridized carbons (Fsp3) is 0.0952. The molecule has 3 nitrogen and oxygen atoms in total. The van der Waals surface area contributed by atoms with Gasteiger partial charge in [0.2, 0.25) is 0 Å². The van der Waals surface area contributed by atoms with Crippen molar-refractivity contribution in [2.75, 3.05) is 11.9 Å². The zero-order valence-corrected chi connectivity index (χ0v) is 14.6. The molecule has 124 valence electrons. The summed E-state index contributed by atoms with van der Waals surface area (Å²) in [7, 11) is 0. The molecule has 0 fully saturated rings. The summed E-state index contributed by atoms with van der Waals surface area (Å²) in [5.41, 5.74) is 3.51. The van der Waals surface area contributed by atoms with Gasteiger partial charge in [0.15, 0.2) is 5.11 Å². The Morgan fingerprint density at radius 1 is 0.880 bits per heavy atom. The van der Waals surface area contributed by atoms with E-state index < -0.39 is 0 Å². The highest BCUT2D eigenvalue weighted by atomic mass is 32.1. The Morgan fingerprint density at radius 2 is 1.64 bits per heavy atom. The molecule has 25 heavy (non-hydrogen) atoms. The van der Waals surface area contributed by atoms with Crippen LogP contribution in [0.3, 0.4) is 0 Å². The molecular formula is C21H19N3S. The van der Waals surface area contributed by atoms with E-state index in [-0.39, 0.29) is 0 Å². The summed E-state index contributed by atoms with van der Waals surface area (Å²) in [5.74, 6) is 0. The highest BCUT2D eigenvalue weighted by Crippen LogP contribution is 2.23. The van der Waals surface area contributed by atoms with E-state index in [9.17, 15) is 0 Å². The molecule has 1 heterocycles. The Hall–Kier alpha value is -2.85. The van der Waals surface area contributed by atoms with Crippen molar-refractivity contribution in [2.45, 2.75) is 6.42 Å². The lowest BCUT2D eigenvalue weighted by Gasteiger charge is -2.12. The largest absolute Gasteiger partial charge is 0.362 e. The van der Waals surface area contributed by atoms with E-state index in [1.54, 1.807) is 0 Å². The number of fused-ring (bicyclic) bond motifs is 2. The molecule has 3 aromatic carbocycles. The highest BCUT2D eigenvalue weighted by Gasteiger charge is 2.05. The standard InChI is InChI=1S/C21H19N3S/c25-21(24-20-11-5-7-15-6-1-2-8-17(15)20)22-13-12-16-14-23-19-10-4-3-9-18(16)19/h1-11,14,23H,12-13H2,(H2,22,24,25). The normalized spacial score (nSPS) is 10.9. The maximum atomic E-state index is 5.46. The van der Waals surface area contributed by atoms with Crippen molar-refractivity contribution in [1.82, 2.24) is 10.3 Å². The number of para-hydroxylation sites is 1. The van der Waals surface area contributed by atoms with E-state index in [2.05, 4.69) is 64.3 Å². The van der Waals surface area contributed by atoms with Crippen LogP contribution in [0, 0.1) is 0 Å². The van der Waals surface area contributed by atoms with E-state index >= 15 is 0 Å². The monoisotopic (exact) mass is 345 g/mol. The van der Waals surface area contributed by atoms with Gasteiger partial charge in [0.25, 0.3) is 0 Å². The molecule has 4 heteroatoms. The minimum Gasteiger partial charge on any atom is -0.362 e. The van der Waals surface area contributed by atoms with Crippen molar-refractivity contribution < 1.29 is 0 Å². The average Bonchev–Trinajstić information content (AvgIpc) is 3.05. The number of nitrogens with one attached hydrogen (secondary N) is 3. The van der Waals surface area contributed by atoms with Gasteiger partial charge in [-0.2, -0.15) is 0 Å². The predicted octanol–water partition coefficient (Wildman–Crippen LogP) is 4.85. The Kier molecular flexibility index (Phi) is 4.36. The van der Waals surface area contributed by atoms with Crippen LogP contribution >= 0.6 is 12.2 Å². The van der Waals surface area contributed by atoms with Gasteiger partial charge in [-0.3, -0.25) is 0 Å². The molecule has 0 aliphatic carbocycles. The number of benzene rings is 3. The lowest BCUT2D eigenvalue weighted by Crippen LogP contribution is -2.30. The van der Waals surface area contributed by atoms with Crippen LogP contribution in [0.5, 0.6) is 0 Å². The summed E-state index contributed by atoms with van der Waals surface area (Å²) in [5, 5.41) is 10.9. The molecule has 4 aromatic rings. The van der Waals surface area contributed by atoms with Crippen molar-refractivity contribution >= 4 is 44.7 Å². The van der Waals surface area contributed by atoms with Crippen LogP contribution in [0.2, 0.25) is 0 Å². The first-order chi connectivity index (χ1) is 12.3. The molecule has 0 spiro atoms. The molecule has 0 unspecified atom stereocenters. The third-order valence-electron chi connectivity index (χ3n) is 4.39. The van der Waals surface area contributed by atoms with E-state index in [0.717, 1.165) is 18.7 Å². The molecule has 0 saturated heterocycles. The van der Waals surface area contributed by atoms with Gasteiger partial charge < -0.3 is 15.6 Å². The Labute approximate surface area is 152 Å². The molecule has 0 saturated carbocycles. The number of H-pyrrole nitrogens is 1. The van der Waals surface area contributed by atoms with Gasteiger partial charge in [-0.15, -0.1) is 0 Å².